The van der Waals surface area contributed by atoms with Crippen LogP contribution in [0, 0.1) is 0 Å². The summed E-state index contributed by atoms with van der Waals surface area (Å²) in [7, 11) is 0. The van der Waals surface area contributed by atoms with Crippen LogP contribution in [0.1, 0.15) is 13.3 Å². The number of nitrogens with zero attached hydrogens (tertiary/aromatic N) is 1. The number of carbonyl (C=O) groups is 2. The second-order valence-electron chi connectivity index (χ2n) is 3.67. The molecule has 0 aromatic heterocycles. The third-order valence-electron chi connectivity index (χ3n) is 2.38. The topological polar surface area (TPSA) is 83.6 Å². The molecular weight excluding hydrogens is 220 g/mol. The second kappa shape index (κ2) is 6.00. The lowest BCUT2D eigenvalue weighted by Gasteiger charge is -2.23. The Bertz CT molecular complexity index is 392. The SMILES string of the molecule is CC[C@@H](N)C(=O)N(CC(=O)O)c1ccccc1. The molecule has 0 saturated carbocycles. The summed E-state index contributed by atoms with van der Waals surface area (Å²) in [6, 6.07) is 7.98. The number of hydrogen-bond acceptors (Lipinski definition) is 3. The molecule has 0 aliphatic heterocycles. The molecule has 1 rings (SSSR count). The lowest BCUT2D eigenvalue weighted by molar-refractivity contribution is -0.136. The van der Waals surface area contributed by atoms with E-state index in [0.29, 0.717) is 12.1 Å². The molecule has 0 heterocycles. The van der Waals surface area contributed by atoms with Crippen LogP contribution in [-0.4, -0.2) is 29.6 Å². The first kappa shape index (κ1) is 13.2. The highest BCUT2D eigenvalue weighted by molar-refractivity contribution is 6.00. The number of amides is 1. The van der Waals surface area contributed by atoms with Gasteiger partial charge in [-0.2, -0.15) is 0 Å². The van der Waals surface area contributed by atoms with Crippen molar-refractivity contribution in [3.8, 4) is 0 Å². The molecule has 0 saturated heterocycles. The van der Waals surface area contributed by atoms with Gasteiger partial charge in [-0.05, 0) is 18.6 Å². The molecule has 1 amide bonds. The zero-order chi connectivity index (χ0) is 12.8. The van der Waals surface area contributed by atoms with Crippen LogP contribution in [0.2, 0.25) is 0 Å². The number of hydrogen-bond donors (Lipinski definition) is 2. The van der Waals surface area contributed by atoms with E-state index in [9.17, 15) is 9.59 Å². The number of carboxylic acid groups (broad SMARTS) is 1. The fourth-order valence-electron chi connectivity index (χ4n) is 1.41. The van der Waals surface area contributed by atoms with Crippen LogP contribution in [-0.2, 0) is 9.59 Å². The van der Waals surface area contributed by atoms with E-state index in [4.69, 9.17) is 10.8 Å². The number of nitrogens with two attached hydrogens (primary N) is 1. The van der Waals surface area contributed by atoms with E-state index in [2.05, 4.69) is 0 Å². The first-order valence-corrected chi connectivity index (χ1v) is 5.40. The Morgan fingerprint density at radius 1 is 1.35 bits per heavy atom. The maximum Gasteiger partial charge on any atom is 0.323 e. The van der Waals surface area contributed by atoms with Gasteiger partial charge in [-0.15, -0.1) is 0 Å². The maximum absolute atomic E-state index is 11.9. The summed E-state index contributed by atoms with van der Waals surface area (Å²) in [4.78, 5) is 23.9. The van der Waals surface area contributed by atoms with Crippen molar-refractivity contribution in [1.29, 1.82) is 0 Å². The van der Waals surface area contributed by atoms with Gasteiger partial charge >= 0.3 is 5.97 Å². The Kier molecular flexibility index (Phi) is 4.66. The van der Waals surface area contributed by atoms with Crippen molar-refractivity contribution >= 4 is 17.6 Å². The van der Waals surface area contributed by atoms with Crippen molar-refractivity contribution in [2.75, 3.05) is 11.4 Å². The summed E-state index contributed by atoms with van der Waals surface area (Å²) in [5.41, 5.74) is 6.19. The molecule has 1 aromatic carbocycles. The Morgan fingerprint density at radius 2 is 1.94 bits per heavy atom. The van der Waals surface area contributed by atoms with E-state index in [1.807, 2.05) is 0 Å². The largest absolute Gasteiger partial charge is 0.480 e. The summed E-state index contributed by atoms with van der Waals surface area (Å²) in [5, 5.41) is 8.81. The molecule has 0 radical (unpaired) electrons. The van der Waals surface area contributed by atoms with Crippen LogP contribution < -0.4 is 10.6 Å². The minimum Gasteiger partial charge on any atom is -0.480 e. The molecule has 1 atom stereocenters. The molecule has 0 aliphatic rings. The van der Waals surface area contributed by atoms with Crippen LogP contribution in [0.3, 0.4) is 0 Å². The van der Waals surface area contributed by atoms with E-state index >= 15 is 0 Å². The number of para-hydroxylation sites is 1. The van der Waals surface area contributed by atoms with Crippen LogP contribution in [0.4, 0.5) is 5.69 Å². The minimum absolute atomic E-state index is 0.374. The normalized spacial score (nSPS) is 11.9. The summed E-state index contributed by atoms with van der Waals surface area (Å²) in [6.45, 7) is 1.41. The number of carbonyl (C=O) groups excluding carboxylic acids is 1. The first-order chi connectivity index (χ1) is 8.06. The molecule has 5 nitrogen and oxygen atoms in total. The van der Waals surface area contributed by atoms with Gasteiger partial charge in [-0.3, -0.25) is 14.5 Å². The van der Waals surface area contributed by atoms with E-state index in [-0.39, 0.29) is 12.5 Å². The van der Waals surface area contributed by atoms with Gasteiger partial charge in [0.05, 0.1) is 6.04 Å². The average molecular weight is 236 g/mol. The van der Waals surface area contributed by atoms with Gasteiger partial charge in [0, 0.05) is 5.69 Å². The van der Waals surface area contributed by atoms with Crippen molar-refractivity contribution < 1.29 is 14.7 Å². The molecule has 1 aromatic rings. The number of anilines is 1. The summed E-state index contributed by atoms with van der Waals surface area (Å²) in [5.74, 6) is -1.44. The number of benzene rings is 1. The number of aliphatic carboxylic acids is 1. The van der Waals surface area contributed by atoms with Crippen LogP contribution in [0.15, 0.2) is 30.3 Å². The summed E-state index contributed by atoms with van der Waals surface area (Å²) >= 11 is 0. The van der Waals surface area contributed by atoms with Gasteiger partial charge in [0.15, 0.2) is 0 Å². The van der Waals surface area contributed by atoms with E-state index < -0.39 is 12.0 Å². The van der Waals surface area contributed by atoms with Gasteiger partial charge in [0.1, 0.15) is 6.54 Å². The Labute approximate surface area is 99.8 Å². The number of rotatable bonds is 5. The first-order valence-electron chi connectivity index (χ1n) is 5.40. The number of carboxylic acids is 1. The summed E-state index contributed by atoms with van der Waals surface area (Å²) < 4.78 is 0. The quantitative estimate of drug-likeness (QED) is 0.793. The van der Waals surface area contributed by atoms with E-state index in [1.165, 1.54) is 4.90 Å². The molecule has 92 valence electrons. The van der Waals surface area contributed by atoms with E-state index in [0.717, 1.165) is 0 Å². The Balaban J connectivity index is 2.96. The molecule has 0 bridgehead atoms. The molecule has 3 N–H and O–H groups in total. The molecule has 0 spiro atoms. The predicted molar refractivity (Wildman–Crippen MR) is 64.7 cm³/mol. The maximum atomic E-state index is 11.9. The van der Waals surface area contributed by atoms with Gasteiger partial charge in [-0.1, -0.05) is 25.1 Å². The molecule has 5 heteroatoms. The molecule has 0 fully saturated rings. The van der Waals surface area contributed by atoms with Crippen molar-refractivity contribution in [2.24, 2.45) is 5.73 Å². The third kappa shape index (κ3) is 3.57. The third-order valence-corrected chi connectivity index (χ3v) is 2.38. The van der Waals surface area contributed by atoms with Crippen molar-refractivity contribution in [1.82, 2.24) is 0 Å². The summed E-state index contributed by atoms with van der Waals surface area (Å²) in [6.07, 6.45) is 0.474. The average Bonchev–Trinajstić information content (AvgIpc) is 2.35. The van der Waals surface area contributed by atoms with Crippen LogP contribution in [0.25, 0.3) is 0 Å². The fourth-order valence-corrected chi connectivity index (χ4v) is 1.41. The van der Waals surface area contributed by atoms with Gasteiger partial charge in [-0.25, -0.2) is 0 Å². The fraction of sp³-hybridized carbons (Fsp3) is 0.333. The van der Waals surface area contributed by atoms with E-state index in [1.54, 1.807) is 37.3 Å². The lowest BCUT2D eigenvalue weighted by Crippen LogP contribution is -2.45. The van der Waals surface area contributed by atoms with Gasteiger partial charge < -0.3 is 10.8 Å². The second-order valence-corrected chi connectivity index (χ2v) is 3.67. The van der Waals surface area contributed by atoms with Gasteiger partial charge in [0.25, 0.3) is 0 Å². The van der Waals surface area contributed by atoms with Crippen molar-refractivity contribution in [3.63, 3.8) is 0 Å². The molecule has 0 aliphatic carbocycles. The highest BCUT2D eigenvalue weighted by Crippen LogP contribution is 2.14. The van der Waals surface area contributed by atoms with Gasteiger partial charge in [0.2, 0.25) is 5.91 Å². The van der Waals surface area contributed by atoms with Crippen molar-refractivity contribution in [2.45, 2.75) is 19.4 Å². The molecule has 17 heavy (non-hydrogen) atoms. The molecule has 0 unspecified atom stereocenters. The van der Waals surface area contributed by atoms with Crippen LogP contribution >= 0.6 is 0 Å². The monoisotopic (exact) mass is 236 g/mol. The lowest BCUT2D eigenvalue weighted by atomic mass is 10.2. The highest BCUT2D eigenvalue weighted by Gasteiger charge is 2.22. The highest BCUT2D eigenvalue weighted by atomic mass is 16.4. The predicted octanol–water partition coefficient (Wildman–Crippen LogP) is 0.842. The van der Waals surface area contributed by atoms with Crippen molar-refractivity contribution in [3.05, 3.63) is 30.3 Å². The zero-order valence-electron chi connectivity index (χ0n) is 9.67. The smallest absolute Gasteiger partial charge is 0.323 e. The Morgan fingerprint density at radius 3 is 2.41 bits per heavy atom. The van der Waals surface area contributed by atoms with Crippen LogP contribution in [0.5, 0.6) is 0 Å². The zero-order valence-corrected chi connectivity index (χ0v) is 9.67. The standard InChI is InChI=1S/C12H16N2O3/c1-2-10(13)12(17)14(8-11(15)16)9-6-4-3-5-7-9/h3-7,10H,2,8,13H2,1H3,(H,15,16)/t10-/m1/s1. The molecular formula is C12H16N2O3. The Hall–Kier alpha value is -1.88. The minimum atomic E-state index is -1.06.